The zero-order valence-corrected chi connectivity index (χ0v) is 16.7. The summed E-state index contributed by atoms with van der Waals surface area (Å²) in [6.45, 7) is 3.53. The molecule has 0 aliphatic carbocycles. The Labute approximate surface area is 174 Å². The molecular formula is C21H19F6NO3. The molecule has 10 heteroatoms. The molecule has 2 aromatic rings. The zero-order valence-electron chi connectivity index (χ0n) is 16.7. The van der Waals surface area contributed by atoms with Crippen LogP contribution in [0.15, 0.2) is 36.4 Å². The molecule has 0 spiro atoms. The molecule has 0 aromatic heterocycles. The summed E-state index contributed by atoms with van der Waals surface area (Å²) in [4.78, 5) is 24.7. The summed E-state index contributed by atoms with van der Waals surface area (Å²) in [6, 6.07) is 4.52. The maximum Gasteiger partial charge on any atom is 0.416 e. The van der Waals surface area contributed by atoms with E-state index in [1.165, 1.54) is 0 Å². The first-order chi connectivity index (χ1) is 14.2. The largest absolute Gasteiger partial charge is 0.467 e. The van der Waals surface area contributed by atoms with E-state index in [2.05, 4.69) is 10.1 Å². The minimum absolute atomic E-state index is 0.0536. The van der Waals surface area contributed by atoms with Crippen molar-refractivity contribution in [1.29, 1.82) is 0 Å². The van der Waals surface area contributed by atoms with Gasteiger partial charge >= 0.3 is 18.3 Å². The van der Waals surface area contributed by atoms with Gasteiger partial charge in [0.05, 0.1) is 18.2 Å². The molecule has 0 saturated heterocycles. The fraction of sp³-hybridized carbons (Fsp3) is 0.333. The van der Waals surface area contributed by atoms with Gasteiger partial charge in [-0.25, -0.2) is 4.79 Å². The second-order valence-electron chi connectivity index (χ2n) is 6.92. The summed E-state index contributed by atoms with van der Waals surface area (Å²) in [7, 11) is 1.05. The van der Waals surface area contributed by atoms with E-state index in [9.17, 15) is 35.9 Å². The van der Waals surface area contributed by atoms with Gasteiger partial charge in [0, 0.05) is 12.0 Å². The summed E-state index contributed by atoms with van der Waals surface area (Å²) < 4.78 is 82.9. The molecule has 168 valence electrons. The fourth-order valence-corrected chi connectivity index (χ4v) is 3.04. The lowest BCUT2D eigenvalue weighted by Crippen LogP contribution is -2.43. The fourth-order valence-electron chi connectivity index (χ4n) is 3.04. The second-order valence-corrected chi connectivity index (χ2v) is 6.92. The normalized spacial score (nSPS) is 12.9. The first-order valence-corrected chi connectivity index (χ1v) is 8.97. The number of nitrogens with one attached hydrogen (secondary N) is 1. The molecule has 0 bridgehead atoms. The lowest BCUT2D eigenvalue weighted by Gasteiger charge is -2.20. The number of hydrogen-bond acceptors (Lipinski definition) is 3. The standard InChI is InChI=1S/C21H19F6NO3/c1-11-5-4-6-12(2)16(11)10-17(19(30)31-3)28-18(29)13-7-14(20(22,23)24)9-15(8-13)21(25,26)27/h4-9,17H,10H2,1-3H3,(H,28,29)/t17-/m0/s1. The maximum atomic E-state index is 13.0. The highest BCUT2D eigenvalue weighted by Gasteiger charge is 2.38. The summed E-state index contributed by atoms with van der Waals surface area (Å²) in [5.74, 6) is -2.16. The Morgan fingerprint density at radius 2 is 1.42 bits per heavy atom. The van der Waals surface area contributed by atoms with E-state index in [4.69, 9.17) is 0 Å². The van der Waals surface area contributed by atoms with E-state index in [1.54, 1.807) is 32.0 Å². The van der Waals surface area contributed by atoms with Gasteiger partial charge in [0.2, 0.25) is 0 Å². The van der Waals surface area contributed by atoms with Gasteiger partial charge < -0.3 is 10.1 Å². The van der Waals surface area contributed by atoms with E-state index in [0.717, 1.165) is 18.2 Å². The number of aryl methyl sites for hydroxylation is 2. The molecule has 2 aromatic carbocycles. The van der Waals surface area contributed by atoms with Crippen LogP contribution < -0.4 is 5.32 Å². The number of ether oxygens (including phenoxy) is 1. The van der Waals surface area contributed by atoms with Crippen molar-refractivity contribution < 1.29 is 40.7 Å². The van der Waals surface area contributed by atoms with Crippen LogP contribution in [-0.4, -0.2) is 25.0 Å². The van der Waals surface area contributed by atoms with E-state index < -0.39 is 47.0 Å². The zero-order chi connectivity index (χ0) is 23.6. The van der Waals surface area contributed by atoms with Crippen molar-refractivity contribution >= 4 is 11.9 Å². The molecule has 1 N–H and O–H groups in total. The van der Waals surface area contributed by atoms with Crippen molar-refractivity contribution in [2.45, 2.75) is 38.7 Å². The van der Waals surface area contributed by atoms with Crippen LogP contribution in [0.1, 0.15) is 38.2 Å². The second kappa shape index (κ2) is 8.99. The van der Waals surface area contributed by atoms with E-state index >= 15 is 0 Å². The molecule has 0 saturated carbocycles. The molecule has 0 heterocycles. The third-order valence-electron chi connectivity index (χ3n) is 4.69. The van der Waals surface area contributed by atoms with Crippen molar-refractivity contribution in [1.82, 2.24) is 5.32 Å². The predicted molar refractivity (Wildman–Crippen MR) is 99.3 cm³/mol. The third-order valence-corrected chi connectivity index (χ3v) is 4.69. The van der Waals surface area contributed by atoms with Gasteiger partial charge in [-0.05, 0) is 48.7 Å². The highest BCUT2D eigenvalue weighted by Crippen LogP contribution is 2.36. The van der Waals surface area contributed by atoms with E-state index in [-0.39, 0.29) is 12.5 Å². The predicted octanol–water partition coefficient (Wildman–Crippen LogP) is 4.86. The lowest BCUT2D eigenvalue weighted by atomic mass is 9.96. The van der Waals surface area contributed by atoms with Crippen LogP contribution in [-0.2, 0) is 28.3 Å². The van der Waals surface area contributed by atoms with E-state index in [0.29, 0.717) is 17.7 Å². The smallest absolute Gasteiger partial charge is 0.416 e. The molecule has 0 unspecified atom stereocenters. The molecule has 31 heavy (non-hydrogen) atoms. The van der Waals surface area contributed by atoms with Crippen LogP contribution in [0.2, 0.25) is 0 Å². The van der Waals surface area contributed by atoms with Crippen LogP contribution in [0.4, 0.5) is 26.3 Å². The SMILES string of the molecule is COC(=O)[C@H](Cc1c(C)cccc1C)NC(=O)c1cc(C(F)(F)F)cc(C(F)(F)F)c1. The number of carbonyl (C=O) groups excluding carboxylic acids is 2. The monoisotopic (exact) mass is 447 g/mol. The van der Waals surface area contributed by atoms with Crippen LogP contribution in [0.5, 0.6) is 0 Å². The van der Waals surface area contributed by atoms with Gasteiger partial charge in [-0.3, -0.25) is 4.79 Å². The van der Waals surface area contributed by atoms with Gasteiger partial charge in [0.15, 0.2) is 0 Å². The van der Waals surface area contributed by atoms with Gasteiger partial charge in [-0.15, -0.1) is 0 Å². The lowest BCUT2D eigenvalue weighted by molar-refractivity contribution is -0.144. The van der Waals surface area contributed by atoms with Crippen LogP contribution in [0.25, 0.3) is 0 Å². The molecule has 4 nitrogen and oxygen atoms in total. The van der Waals surface area contributed by atoms with Gasteiger partial charge in [-0.2, -0.15) is 26.3 Å². The maximum absolute atomic E-state index is 13.0. The number of hydrogen-bond donors (Lipinski definition) is 1. The summed E-state index contributed by atoms with van der Waals surface area (Å²) in [5, 5.41) is 2.20. The molecule has 1 atom stereocenters. The molecule has 0 aliphatic rings. The Hall–Kier alpha value is -3.04. The number of benzene rings is 2. The third kappa shape index (κ3) is 5.99. The minimum Gasteiger partial charge on any atom is -0.467 e. The van der Waals surface area contributed by atoms with Gasteiger partial charge in [-0.1, -0.05) is 18.2 Å². The highest BCUT2D eigenvalue weighted by molar-refractivity contribution is 5.97. The molecule has 0 fully saturated rings. The Kier molecular flexibility index (Phi) is 7.03. The average Bonchev–Trinajstić information content (AvgIpc) is 2.67. The Bertz CT molecular complexity index is 930. The average molecular weight is 447 g/mol. The van der Waals surface area contributed by atoms with E-state index in [1.807, 2.05) is 0 Å². The molecule has 1 amide bonds. The Balaban J connectivity index is 2.42. The molecule has 2 rings (SSSR count). The van der Waals surface area contributed by atoms with Gasteiger partial charge in [0.25, 0.3) is 5.91 Å². The van der Waals surface area contributed by atoms with Gasteiger partial charge in [0.1, 0.15) is 6.04 Å². The molecule has 0 aliphatic heterocycles. The summed E-state index contributed by atoms with van der Waals surface area (Å²) in [5.41, 5.74) is -1.85. The van der Waals surface area contributed by atoms with Crippen LogP contribution in [0.3, 0.4) is 0 Å². The summed E-state index contributed by atoms with van der Waals surface area (Å²) in [6.07, 6.45) is -10.3. The number of amides is 1. The van der Waals surface area contributed by atoms with Crippen molar-refractivity contribution in [3.63, 3.8) is 0 Å². The summed E-state index contributed by atoms with van der Waals surface area (Å²) >= 11 is 0. The number of esters is 1. The topological polar surface area (TPSA) is 55.4 Å². The molecule has 0 radical (unpaired) electrons. The Morgan fingerprint density at radius 3 is 1.84 bits per heavy atom. The van der Waals surface area contributed by atoms with Crippen LogP contribution in [0, 0.1) is 13.8 Å². The number of methoxy groups -OCH3 is 1. The molecular weight excluding hydrogens is 428 g/mol. The first kappa shape index (κ1) is 24.2. The Morgan fingerprint density at radius 1 is 0.935 bits per heavy atom. The van der Waals surface area contributed by atoms with Crippen LogP contribution >= 0.6 is 0 Å². The minimum atomic E-state index is -5.10. The number of rotatable bonds is 5. The van der Waals surface area contributed by atoms with Crippen molar-refractivity contribution in [2.75, 3.05) is 7.11 Å². The highest BCUT2D eigenvalue weighted by atomic mass is 19.4. The first-order valence-electron chi connectivity index (χ1n) is 8.97. The quantitative estimate of drug-likeness (QED) is 0.527. The van der Waals surface area contributed by atoms with Crippen molar-refractivity contribution in [2.24, 2.45) is 0 Å². The number of alkyl halides is 6. The number of halogens is 6. The van der Waals surface area contributed by atoms with Crippen molar-refractivity contribution in [3.05, 3.63) is 69.8 Å². The number of carbonyl (C=O) groups is 2. The van der Waals surface area contributed by atoms with Crippen molar-refractivity contribution in [3.8, 4) is 0 Å².